The highest BCUT2D eigenvalue weighted by atomic mass is 16.5. The molecular formula is C23H30O5. The molecule has 0 saturated heterocycles. The smallest absolute Gasteiger partial charge is 0.133 e. The summed E-state index contributed by atoms with van der Waals surface area (Å²) in [6.45, 7) is 4.63. The molecule has 5 nitrogen and oxygen atoms in total. The Morgan fingerprint density at radius 2 is 1.89 bits per heavy atom. The van der Waals surface area contributed by atoms with E-state index < -0.39 is 12.2 Å². The largest absolute Gasteiger partial charge is 0.461 e. The van der Waals surface area contributed by atoms with Crippen molar-refractivity contribution in [1.29, 1.82) is 0 Å². The molecule has 0 saturated carbocycles. The Morgan fingerprint density at radius 1 is 1.14 bits per heavy atom. The molecule has 1 heterocycles. The molecule has 1 aromatic carbocycles. The van der Waals surface area contributed by atoms with E-state index in [4.69, 9.17) is 14.3 Å². The second-order valence-electron chi connectivity index (χ2n) is 7.10. The Kier molecular flexibility index (Phi) is 9.21. The van der Waals surface area contributed by atoms with Gasteiger partial charge in [-0.25, -0.2) is 0 Å². The first-order valence-electron chi connectivity index (χ1n) is 9.60. The van der Waals surface area contributed by atoms with Crippen LogP contribution in [0.25, 0.3) is 0 Å². The lowest BCUT2D eigenvalue weighted by molar-refractivity contribution is 0.0280. The highest BCUT2D eigenvalue weighted by Crippen LogP contribution is 2.21. The molecule has 3 N–H and O–H groups in total. The maximum atomic E-state index is 10.3. The second-order valence-corrected chi connectivity index (χ2v) is 7.10. The zero-order valence-electron chi connectivity index (χ0n) is 16.5. The van der Waals surface area contributed by atoms with E-state index in [-0.39, 0.29) is 19.1 Å². The monoisotopic (exact) mass is 386 g/mol. The van der Waals surface area contributed by atoms with Crippen molar-refractivity contribution in [2.45, 2.75) is 52.1 Å². The number of furan rings is 1. The first-order valence-corrected chi connectivity index (χ1v) is 9.60. The molecule has 5 heteroatoms. The van der Waals surface area contributed by atoms with Crippen molar-refractivity contribution >= 4 is 0 Å². The Labute approximate surface area is 166 Å². The third-order valence-corrected chi connectivity index (χ3v) is 4.37. The standard InChI is InChI=1S/C23H30O5/c1-17(2)19(9-6-10-22(26)23-12-11-21(14-24)28-23)13-20(25)16-27-15-18-7-4-3-5-8-18/h3-8,11-12,17,20,22,24-26H,10,13-16H2,1-2H3/t9?,20-,22-/m0/s1. The molecule has 28 heavy (non-hydrogen) atoms. The maximum absolute atomic E-state index is 10.3. The fourth-order valence-electron chi connectivity index (χ4n) is 2.74. The number of aliphatic hydroxyl groups is 3. The zero-order chi connectivity index (χ0) is 20.4. The van der Waals surface area contributed by atoms with Crippen molar-refractivity contribution in [2.24, 2.45) is 5.92 Å². The minimum Gasteiger partial charge on any atom is -0.461 e. The van der Waals surface area contributed by atoms with Gasteiger partial charge in [-0.15, -0.1) is 5.73 Å². The number of rotatable bonds is 11. The highest BCUT2D eigenvalue weighted by molar-refractivity contribution is 5.13. The van der Waals surface area contributed by atoms with Crippen LogP contribution >= 0.6 is 0 Å². The predicted octanol–water partition coefficient (Wildman–Crippen LogP) is 3.90. The van der Waals surface area contributed by atoms with Gasteiger partial charge in [0.25, 0.3) is 0 Å². The Bertz CT molecular complexity index is 756. The molecule has 2 aromatic rings. The van der Waals surface area contributed by atoms with Gasteiger partial charge in [-0.2, -0.15) is 0 Å². The number of aliphatic hydroxyl groups excluding tert-OH is 3. The van der Waals surface area contributed by atoms with Gasteiger partial charge in [-0.05, 0) is 35.3 Å². The fourth-order valence-corrected chi connectivity index (χ4v) is 2.74. The fraction of sp³-hybridized carbons (Fsp3) is 0.435. The number of hydrogen-bond donors (Lipinski definition) is 3. The molecule has 0 radical (unpaired) electrons. The lowest BCUT2D eigenvalue weighted by Crippen LogP contribution is -2.17. The van der Waals surface area contributed by atoms with Crippen LogP contribution in [-0.4, -0.2) is 28.0 Å². The molecule has 2 atom stereocenters. The van der Waals surface area contributed by atoms with Gasteiger partial charge >= 0.3 is 0 Å². The molecule has 0 aliphatic heterocycles. The summed E-state index contributed by atoms with van der Waals surface area (Å²) in [7, 11) is 0. The van der Waals surface area contributed by atoms with Crippen molar-refractivity contribution in [3.8, 4) is 0 Å². The quantitative estimate of drug-likeness (QED) is 0.510. The molecule has 1 aromatic heterocycles. The van der Waals surface area contributed by atoms with Crippen LogP contribution < -0.4 is 0 Å². The Hall–Kier alpha value is -2.14. The summed E-state index contributed by atoms with van der Waals surface area (Å²) in [4.78, 5) is 0. The van der Waals surface area contributed by atoms with Gasteiger partial charge < -0.3 is 24.5 Å². The summed E-state index contributed by atoms with van der Waals surface area (Å²) >= 11 is 0. The van der Waals surface area contributed by atoms with Gasteiger partial charge in [0.2, 0.25) is 0 Å². The lowest BCUT2D eigenvalue weighted by atomic mass is 9.98. The van der Waals surface area contributed by atoms with Crippen LogP contribution in [0.2, 0.25) is 0 Å². The molecule has 0 unspecified atom stereocenters. The molecule has 0 bridgehead atoms. The van der Waals surface area contributed by atoms with E-state index in [0.29, 0.717) is 31.0 Å². The summed E-state index contributed by atoms with van der Waals surface area (Å²) in [6.07, 6.45) is 1.17. The molecule has 0 fully saturated rings. The first kappa shape index (κ1) is 22.2. The average molecular weight is 386 g/mol. The van der Waals surface area contributed by atoms with Gasteiger partial charge in [-0.3, -0.25) is 0 Å². The first-order chi connectivity index (χ1) is 13.5. The number of benzene rings is 1. The second kappa shape index (κ2) is 11.6. The lowest BCUT2D eigenvalue weighted by Gasteiger charge is -2.15. The van der Waals surface area contributed by atoms with E-state index in [1.54, 1.807) is 18.2 Å². The van der Waals surface area contributed by atoms with Crippen molar-refractivity contribution in [3.63, 3.8) is 0 Å². The molecule has 0 aliphatic rings. The van der Waals surface area contributed by atoms with Crippen molar-refractivity contribution < 1.29 is 24.5 Å². The summed E-state index contributed by atoms with van der Waals surface area (Å²) in [5, 5.41) is 29.5. The van der Waals surface area contributed by atoms with E-state index in [9.17, 15) is 10.2 Å². The highest BCUT2D eigenvalue weighted by Gasteiger charge is 2.12. The van der Waals surface area contributed by atoms with Crippen LogP contribution in [0.5, 0.6) is 0 Å². The van der Waals surface area contributed by atoms with Crippen molar-refractivity contribution in [1.82, 2.24) is 0 Å². The van der Waals surface area contributed by atoms with Crippen LogP contribution in [0.15, 0.2) is 64.3 Å². The number of hydrogen-bond acceptors (Lipinski definition) is 5. The third-order valence-electron chi connectivity index (χ3n) is 4.37. The Morgan fingerprint density at radius 3 is 2.54 bits per heavy atom. The summed E-state index contributed by atoms with van der Waals surface area (Å²) in [5.74, 6) is 1.07. The van der Waals surface area contributed by atoms with E-state index >= 15 is 0 Å². The Balaban J connectivity index is 1.85. The van der Waals surface area contributed by atoms with Crippen molar-refractivity contribution in [3.05, 3.63) is 76.9 Å². The average Bonchev–Trinajstić information content (AvgIpc) is 3.17. The van der Waals surface area contributed by atoms with Crippen LogP contribution in [0, 0.1) is 5.92 Å². The molecule has 0 aliphatic carbocycles. The van der Waals surface area contributed by atoms with Crippen LogP contribution in [0.3, 0.4) is 0 Å². The van der Waals surface area contributed by atoms with Gasteiger partial charge in [0, 0.05) is 12.8 Å². The van der Waals surface area contributed by atoms with Crippen LogP contribution in [-0.2, 0) is 18.0 Å². The van der Waals surface area contributed by atoms with Gasteiger partial charge in [0.1, 0.15) is 24.2 Å². The maximum Gasteiger partial charge on any atom is 0.133 e. The van der Waals surface area contributed by atoms with Crippen molar-refractivity contribution in [2.75, 3.05) is 6.61 Å². The van der Waals surface area contributed by atoms with Gasteiger partial charge in [0.15, 0.2) is 0 Å². The topological polar surface area (TPSA) is 83.1 Å². The summed E-state index contributed by atoms with van der Waals surface area (Å²) in [6, 6.07) is 13.2. The van der Waals surface area contributed by atoms with E-state index in [0.717, 1.165) is 11.1 Å². The van der Waals surface area contributed by atoms with Crippen LogP contribution in [0.4, 0.5) is 0 Å². The predicted molar refractivity (Wildman–Crippen MR) is 107 cm³/mol. The van der Waals surface area contributed by atoms with Gasteiger partial charge in [-0.1, -0.05) is 44.2 Å². The van der Waals surface area contributed by atoms with E-state index in [1.165, 1.54) is 0 Å². The SMILES string of the molecule is CC(C)C(=C=CC[C@H](O)c1ccc(CO)o1)C[C@H](O)COCc1ccccc1. The van der Waals surface area contributed by atoms with Gasteiger partial charge in [0.05, 0.1) is 19.3 Å². The minimum absolute atomic E-state index is 0.190. The molecule has 2 rings (SSSR count). The molecular weight excluding hydrogens is 356 g/mol. The number of ether oxygens (including phenoxy) is 1. The molecule has 0 spiro atoms. The summed E-state index contributed by atoms with van der Waals surface area (Å²) in [5.41, 5.74) is 5.25. The van der Waals surface area contributed by atoms with E-state index in [1.807, 2.05) is 44.2 Å². The molecule has 152 valence electrons. The van der Waals surface area contributed by atoms with Crippen LogP contribution in [0.1, 0.15) is 49.9 Å². The zero-order valence-corrected chi connectivity index (χ0v) is 16.5. The summed E-state index contributed by atoms with van der Waals surface area (Å²) < 4.78 is 10.9. The normalized spacial score (nSPS) is 13.2. The van der Waals surface area contributed by atoms with E-state index in [2.05, 4.69) is 5.73 Å². The minimum atomic E-state index is -0.791. The third kappa shape index (κ3) is 7.47. The molecule has 0 amide bonds.